The van der Waals surface area contributed by atoms with Crippen LogP contribution in [0.1, 0.15) is 25.3 Å². The van der Waals surface area contributed by atoms with E-state index < -0.39 is 5.97 Å². The molecular formula is C17H20N2O4S. The van der Waals surface area contributed by atoms with Crippen molar-refractivity contribution in [1.82, 2.24) is 4.90 Å². The van der Waals surface area contributed by atoms with Gasteiger partial charge >= 0.3 is 5.97 Å². The van der Waals surface area contributed by atoms with E-state index in [-0.39, 0.29) is 24.1 Å². The lowest BCUT2D eigenvalue weighted by molar-refractivity contribution is -0.135. The monoisotopic (exact) mass is 348 g/mol. The van der Waals surface area contributed by atoms with Gasteiger partial charge in [0.2, 0.25) is 11.8 Å². The topological polar surface area (TPSA) is 75.7 Å². The molecule has 1 N–H and O–H groups in total. The molecule has 0 unspecified atom stereocenters. The minimum atomic E-state index is -0.554. The summed E-state index contributed by atoms with van der Waals surface area (Å²) in [5.74, 6) is -0.458. The number of nitrogens with zero attached hydrogens (tertiary/aromatic N) is 1. The zero-order valence-corrected chi connectivity index (χ0v) is 14.7. The molecule has 0 aromatic heterocycles. The molecule has 1 saturated heterocycles. The number of rotatable bonds is 5. The van der Waals surface area contributed by atoms with Gasteiger partial charge in [0.05, 0.1) is 24.0 Å². The summed E-state index contributed by atoms with van der Waals surface area (Å²) in [4.78, 5) is 36.7. The van der Waals surface area contributed by atoms with Crippen LogP contribution in [0.2, 0.25) is 0 Å². The Balaban J connectivity index is 2.01. The van der Waals surface area contributed by atoms with E-state index in [1.807, 2.05) is 24.3 Å². The van der Waals surface area contributed by atoms with Crippen LogP contribution in [0.3, 0.4) is 0 Å². The second kappa shape index (κ2) is 8.01. The van der Waals surface area contributed by atoms with Crippen LogP contribution in [0.15, 0.2) is 35.4 Å². The number of carbonyl (C=O) groups excluding carboxylic acids is 3. The van der Waals surface area contributed by atoms with Crippen LogP contribution in [-0.4, -0.2) is 42.1 Å². The Morgan fingerprint density at radius 1 is 1.33 bits per heavy atom. The quantitative estimate of drug-likeness (QED) is 0.653. The highest BCUT2D eigenvalue weighted by Gasteiger charge is 2.29. The Hall–Kier alpha value is -2.28. The molecule has 2 rings (SSSR count). The second-order valence-electron chi connectivity index (χ2n) is 5.60. The third kappa shape index (κ3) is 4.61. The van der Waals surface area contributed by atoms with Crippen LogP contribution in [0.5, 0.6) is 0 Å². The average molecular weight is 348 g/mol. The summed E-state index contributed by atoms with van der Waals surface area (Å²) < 4.78 is 4.56. The van der Waals surface area contributed by atoms with Crippen molar-refractivity contribution < 1.29 is 19.1 Å². The standard InChI is InChI=1S/C17H20N2O4S/c1-11(2)12-4-6-13(7-5-12)18-14(20)9-19-15(21)10-24-16(19)8-17(22)23-3/h4-8,11H,9-10H2,1-3H3,(H,18,20)/b16-8-. The van der Waals surface area contributed by atoms with Gasteiger partial charge in [-0.3, -0.25) is 14.5 Å². The predicted octanol–water partition coefficient (Wildman–Crippen LogP) is 2.34. The van der Waals surface area contributed by atoms with Gasteiger partial charge in [0.15, 0.2) is 0 Å². The fraction of sp³-hybridized carbons (Fsp3) is 0.353. The summed E-state index contributed by atoms with van der Waals surface area (Å²) in [7, 11) is 1.26. The molecule has 1 aromatic rings. The maximum Gasteiger partial charge on any atom is 0.333 e. The fourth-order valence-electron chi connectivity index (χ4n) is 2.16. The molecule has 128 valence electrons. The Morgan fingerprint density at radius 2 is 2.00 bits per heavy atom. The molecule has 1 aliphatic heterocycles. The lowest BCUT2D eigenvalue weighted by atomic mass is 10.0. The first-order valence-corrected chi connectivity index (χ1v) is 8.52. The van der Waals surface area contributed by atoms with Crippen molar-refractivity contribution in [3.05, 3.63) is 40.9 Å². The lowest BCUT2D eigenvalue weighted by Crippen LogP contribution is -2.34. The third-order valence-corrected chi connectivity index (χ3v) is 4.54. The Bertz CT molecular complexity index is 668. The molecule has 0 bridgehead atoms. The minimum absolute atomic E-state index is 0.138. The van der Waals surface area contributed by atoms with Gasteiger partial charge in [0.1, 0.15) is 6.54 Å². The van der Waals surface area contributed by atoms with E-state index in [0.717, 1.165) is 0 Å². The third-order valence-electron chi connectivity index (χ3n) is 3.52. The van der Waals surface area contributed by atoms with Crippen LogP contribution in [0, 0.1) is 0 Å². The largest absolute Gasteiger partial charge is 0.466 e. The van der Waals surface area contributed by atoms with Gasteiger partial charge in [0.25, 0.3) is 0 Å². The number of carbonyl (C=O) groups is 3. The molecule has 0 saturated carbocycles. The van der Waals surface area contributed by atoms with E-state index in [4.69, 9.17) is 0 Å². The summed E-state index contributed by atoms with van der Waals surface area (Å²) in [6.45, 7) is 4.05. The Labute approximate surface area is 145 Å². The number of hydrogen-bond donors (Lipinski definition) is 1. The summed E-state index contributed by atoms with van der Waals surface area (Å²) in [5, 5.41) is 3.19. The summed E-state index contributed by atoms with van der Waals surface area (Å²) >= 11 is 1.21. The number of amides is 2. The molecule has 0 spiro atoms. The normalized spacial score (nSPS) is 15.9. The molecule has 24 heavy (non-hydrogen) atoms. The maximum atomic E-state index is 12.2. The average Bonchev–Trinajstić information content (AvgIpc) is 2.88. The summed E-state index contributed by atoms with van der Waals surface area (Å²) in [6.07, 6.45) is 1.22. The highest BCUT2D eigenvalue weighted by molar-refractivity contribution is 8.04. The lowest BCUT2D eigenvalue weighted by Gasteiger charge is -2.16. The number of nitrogens with one attached hydrogen (secondary N) is 1. The molecule has 1 heterocycles. The van der Waals surface area contributed by atoms with Crippen molar-refractivity contribution in [1.29, 1.82) is 0 Å². The Morgan fingerprint density at radius 3 is 2.58 bits per heavy atom. The molecular weight excluding hydrogens is 328 g/mol. The molecule has 7 heteroatoms. The zero-order chi connectivity index (χ0) is 17.7. The van der Waals surface area contributed by atoms with Gasteiger partial charge in [-0.15, -0.1) is 0 Å². The van der Waals surface area contributed by atoms with Gasteiger partial charge in [-0.1, -0.05) is 37.7 Å². The summed E-state index contributed by atoms with van der Waals surface area (Å²) in [6, 6.07) is 7.58. The van der Waals surface area contributed by atoms with Gasteiger partial charge in [-0.25, -0.2) is 4.79 Å². The summed E-state index contributed by atoms with van der Waals surface area (Å²) in [5.41, 5.74) is 1.85. The number of methoxy groups -OCH3 is 1. The van der Waals surface area contributed by atoms with Crippen LogP contribution in [-0.2, 0) is 19.1 Å². The van der Waals surface area contributed by atoms with Gasteiger partial charge in [-0.2, -0.15) is 0 Å². The SMILES string of the molecule is COC(=O)/C=C1\SCC(=O)N1CC(=O)Nc1ccc(C(C)C)cc1. The van der Waals surface area contributed by atoms with Crippen LogP contribution < -0.4 is 5.32 Å². The molecule has 0 atom stereocenters. The van der Waals surface area contributed by atoms with E-state index in [2.05, 4.69) is 23.9 Å². The molecule has 1 aromatic carbocycles. The predicted molar refractivity (Wildman–Crippen MR) is 93.4 cm³/mol. The van der Waals surface area contributed by atoms with Gasteiger partial charge in [-0.05, 0) is 23.6 Å². The highest BCUT2D eigenvalue weighted by atomic mass is 32.2. The maximum absolute atomic E-state index is 12.2. The van der Waals surface area contributed by atoms with Crippen molar-refractivity contribution in [2.24, 2.45) is 0 Å². The van der Waals surface area contributed by atoms with E-state index in [0.29, 0.717) is 16.6 Å². The van der Waals surface area contributed by atoms with Gasteiger partial charge in [0, 0.05) is 5.69 Å². The fourth-order valence-corrected chi connectivity index (χ4v) is 3.08. The minimum Gasteiger partial charge on any atom is -0.466 e. The van der Waals surface area contributed by atoms with Crippen molar-refractivity contribution in [2.45, 2.75) is 19.8 Å². The molecule has 0 aliphatic carbocycles. The van der Waals surface area contributed by atoms with E-state index >= 15 is 0 Å². The Kier molecular flexibility index (Phi) is 6.03. The van der Waals surface area contributed by atoms with Crippen molar-refractivity contribution in [3.8, 4) is 0 Å². The first kappa shape index (κ1) is 18.1. The van der Waals surface area contributed by atoms with Gasteiger partial charge < -0.3 is 10.1 Å². The van der Waals surface area contributed by atoms with Crippen LogP contribution >= 0.6 is 11.8 Å². The second-order valence-corrected chi connectivity index (χ2v) is 6.59. The van der Waals surface area contributed by atoms with E-state index in [9.17, 15) is 14.4 Å². The first-order valence-electron chi connectivity index (χ1n) is 7.53. The van der Waals surface area contributed by atoms with Crippen LogP contribution in [0.4, 0.5) is 5.69 Å². The number of esters is 1. The molecule has 0 radical (unpaired) electrons. The van der Waals surface area contributed by atoms with Crippen molar-refractivity contribution >= 4 is 35.2 Å². The highest BCUT2D eigenvalue weighted by Crippen LogP contribution is 2.28. The molecule has 2 amide bonds. The zero-order valence-electron chi connectivity index (χ0n) is 13.9. The van der Waals surface area contributed by atoms with E-state index in [1.54, 1.807) is 0 Å². The number of hydrogen-bond acceptors (Lipinski definition) is 5. The molecule has 1 aliphatic rings. The molecule has 1 fully saturated rings. The smallest absolute Gasteiger partial charge is 0.333 e. The number of anilines is 1. The first-order chi connectivity index (χ1) is 11.4. The molecule has 6 nitrogen and oxygen atoms in total. The van der Waals surface area contributed by atoms with Crippen LogP contribution in [0.25, 0.3) is 0 Å². The number of thioether (sulfide) groups is 1. The van der Waals surface area contributed by atoms with Crippen molar-refractivity contribution in [3.63, 3.8) is 0 Å². The number of benzene rings is 1. The number of ether oxygens (including phenoxy) is 1. The van der Waals surface area contributed by atoms with E-state index in [1.165, 1.54) is 35.4 Å². The van der Waals surface area contributed by atoms with Crippen molar-refractivity contribution in [2.75, 3.05) is 24.7 Å².